The molecule has 13 heavy (non-hydrogen) atoms. The van der Waals surface area contributed by atoms with Crippen LogP contribution in [0.1, 0.15) is 24.6 Å². The Morgan fingerprint density at radius 1 is 1.31 bits per heavy atom. The molecular weight excluding hydrogens is 186 g/mol. The first kappa shape index (κ1) is 7.33. The molecule has 3 rings (SSSR count). The predicted octanol–water partition coefficient (Wildman–Crippen LogP) is 2.26. The monoisotopic (exact) mass is 193 g/mol. The van der Waals surface area contributed by atoms with Gasteiger partial charge in [-0.2, -0.15) is 0 Å². The fourth-order valence-electron chi connectivity index (χ4n) is 1.50. The minimum Gasteiger partial charge on any atom is -0.285 e. The van der Waals surface area contributed by atoms with Crippen LogP contribution in [0.4, 0.5) is 0 Å². The number of pyridine rings is 1. The first-order chi connectivity index (χ1) is 6.34. The van der Waals surface area contributed by atoms with Gasteiger partial charge in [0, 0.05) is 12.1 Å². The van der Waals surface area contributed by atoms with Crippen molar-refractivity contribution in [2.75, 3.05) is 0 Å². The van der Waals surface area contributed by atoms with Crippen molar-refractivity contribution in [3.63, 3.8) is 0 Å². The van der Waals surface area contributed by atoms with Crippen molar-refractivity contribution in [3.05, 3.63) is 29.2 Å². The maximum Gasteiger partial charge on any atom is 0.160 e. The third kappa shape index (κ3) is 1.11. The van der Waals surface area contributed by atoms with Gasteiger partial charge in [-0.1, -0.05) is 11.6 Å². The van der Waals surface area contributed by atoms with Crippen LogP contribution >= 0.6 is 11.6 Å². The summed E-state index contributed by atoms with van der Waals surface area (Å²) in [6.07, 6.45) is 4.34. The Bertz CT molecular complexity index is 459. The molecule has 0 aliphatic heterocycles. The quantitative estimate of drug-likeness (QED) is 0.696. The Labute approximate surface area is 80.3 Å². The summed E-state index contributed by atoms with van der Waals surface area (Å²) in [6.45, 7) is 0. The number of aromatic nitrogens is 3. The van der Waals surface area contributed by atoms with Crippen molar-refractivity contribution < 1.29 is 0 Å². The Morgan fingerprint density at radius 2 is 2.15 bits per heavy atom. The van der Waals surface area contributed by atoms with E-state index in [1.807, 2.05) is 22.7 Å². The van der Waals surface area contributed by atoms with Gasteiger partial charge in [0.2, 0.25) is 0 Å². The topological polar surface area (TPSA) is 30.2 Å². The number of rotatable bonds is 1. The molecule has 0 bridgehead atoms. The zero-order valence-corrected chi connectivity index (χ0v) is 7.70. The standard InChI is InChI=1S/C9H8ClN3/c10-7-3-4-8-11-12-9(6-1-2-6)13(8)5-7/h3-6H,1-2H2. The lowest BCUT2D eigenvalue weighted by Gasteiger charge is -1.96. The number of halogens is 1. The first-order valence-electron chi connectivity index (χ1n) is 4.35. The van der Waals surface area contributed by atoms with Crippen LogP contribution in [-0.4, -0.2) is 14.6 Å². The third-order valence-corrected chi connectivity index (χ3v) is 2.56. The molecule has 1 saturated carbocycles. The second-order valence-corrected chi connectivity index (χ2v) is 3.84. The van der Waals surface area contributed by atoms with Crippen LogP contribution in [0.2, 0.25) is 5.02 Å². The molecule has 0 radical (unpaired) electrons. The summed E-state index contributed by atoms with van der Waals surface area (Å²) in [5.41, 5.74) is 0.881. The van der Waals surface area contributed by atoms with Gasteiger partial charge in [0.15, 0.2) is 5.65 Å². The summed E-state index contributed by atoms with van der Waals surface area (Å²) < 4.78 is 1.99. The molecule has 2 aromatic rings. The van der Waals surface area contributed by atoms with Gasteiger partial charge in [0.1, 0.15) is 5.82 Å². The molecule has 0 spiro atoms. The third-order valence-electron chi connectivity index (χ3n) is 2.34. The zero-order valence-electron chi connectivity index (χ0n) is 6.94. The highest BCUT2D eigenvalue weighted by molar-refractivity contribution is 6.30. The van der Waals surface area contributed by atoms with Crippen LogP contribution in [0, 0.1) is 0 Å². The van der Waals surface area contributed by atoms with Crippen molar-refractivity contribution in [3.8, 4) is 0 Å². The van der Waals surface area contributed by atoms with Gasteiger partial charge in [-0.3, -0.25) is 4.40 Å². The number of hydrogen-bond donors (Lipinski definition) is 0. The molecule has 2 heterocycles. The van der Waals surface area contributed by atoms with Gasteiger partial charge in [0.05, 0.1) is 5.02 Å². The van der Waals surface area contributed by atoms with E-state index in [4.69, 9.17) is 11.6 Å². The molecular formula is C9H8ClN3. The van der Waals surface area contributed by atoms with Crippen molar-refractivity contribution in [1.29, 1.82) is 0 Å². The van der Waals surface area contributed by atoms with E-state index in [9.17, 15) is 0 Å². The van der Waals surface area contributed by atoms with E-state index < -0.39 is 0 Å². The summed E-state index contributed by atoms with van der Waals surface area (Å²) in [7, 11) is 0. The summed E-state index contributed by atoms with van der Waals surface area (Å²) >= 11 is 5.90. The largest absolute Gasteiger partial charge is 0.285 e. The van der Waals surface area contributed by atoms with Gasteiger partial charge < -0.3 is 0 Å². The molecule has 1 fully saturated rings. The molecule has 3 nitrogen and oxygen atoms in total. The normalized spacial score (nSPS) is 16.7. The Hall–Kier alpha value is -1.09. The van der Waals surface area contributed by atoms with E-state index >= 15 is 0 Å². The molecule has 0 saturated heterocycles. The van der Waals surface area contributed by atoms with E-state index in [-0.39, 0.29) is 0 Å². The average molecular weight is 194 g/mol. The number of fused-ring (bicyclic) bond motifs is 1. The molecule has 0 amide bonds. The zero-order chi connectivity index (χ0) is 8.84. The molecule has 0 aromatic carbocycles. The highest BCUT2D eigenvalue weighted by atomic mass is 35.5. The predicted molar refractivity (Wildman–Crippen MR) is 50.0 cm³/mol. The van der Waals surface area contributed by atoms with E-state index in [1.165, 1.54) is 12.8 Å². The van der Waals surface area contributed by atoms with Gasteiger partial charge in [-0.15, -0.1) is 10.2 Å². The summed E-state index contributed by atoms with van der Waals surface area (Å²) in [6, 6.07) is 3.73. The molecule has 0 unspecified atom stereocenters. The minimum absolute atomic E-state index is 0.605. The molecule has 66 valence electrons. The van der Waals surface area contributed by atoms with Gasteiger partial charge in [-0.05, 0) is 25.0 Å². The van der Waals surface area contributed by atoms with Crippen LogP contribution in [0.15, 0.2) is 18.3 Å². The van der Waals surface area contributed by atoms with Crippen molar-refractivity contribution in [2.24, 2.45) is 0 Å². The molecule has 1 aliphatic carbocycles. The van der Waals surface area contributed by atoms with Gasteiger partial charge >= 0.3 is 0 Å². The van der Waals surface area contributed by atoms with Crippen LogP contribution in [0.5, 0.6) is 0 Å². The van der Waals surface area contributed by atoms with Crippen molar-refractivity contribution in [2.45, 2.75) is 18.8 Å². The highest BCUT2D eigenvalue weighted by Gasteiger charge is 2.28. The minimum atomic E-state index is 0.605. The van der Waals surface area contributed by atoms with Crippen LogP contribution < -0.4 is 0 Å². The van der Waals surface area contributed by atoms with Crippen molar-refractivity contribution in [1.82, 2.24) is 14.6 Å². The fraction of sp³-hybridized carbons (Fsp3) is 0.333. The average Bonchev–Trinajstić information content (AvgIpc) is 2.87. The highest BCUT2D eigenvalue weighted by Crippen LogP contribution is 2.39. The SMILES string of the molecule is Clc1ccc2nnc(C3CC3)n2c1. The Balaban J connectivity index is 2.29. The lowest BCUT2D eigenvalue weighted by atomic mass is 10.4. The second-order valence-electron chi connectivity index (χ2n) is 3.41. The van der Waals surface area contributed by atoms with E-state index in [0.29, 0.717) is 5.92 Å². The molecule has 2 aromatic heterocycles. The fourth-order valence-corrected chi connectivity index (χ4v) is 1.66. The summed E-state index contributed by atoms with van der Waals surface area (Å²) in [5.74, 6) is 1.66. The number of hydrogen-bond acceptors (Lipinski definition) is 2. The maximum atomic E-state index is 5.90. The van der Waals surface area contributed by atoms with Crippen LogP contribution in [0.25, 0.3) is 5.65 Å². The second kappa shape index (κ2) is 2.45. The summed E-state index contributed by atoms with van der Waals surface area (Å²) in [4.78, 5) is 0. The van der Waals surface area contributed by atoms with Gasteiger partial charge in [0.25, 0.3) is 0 Å². The smallest absolute Gasteiger partial charge is 0.160 e. The van der Waals surface area contributed by atoms with Gasteiger partial charge in [-0.25, -0.2) is 0 Å². The summed E-state index contributed by atoms with van der Waals surface area (Å²) in [5, 5.41) is 8.96. The first-order valence-corrected chi connectivity index (χ1v) is 4.72. The van der Waals surface area contributed by atoms with Crippen LogP contribution in [0.3, 0.4) is 0 Å². The van der Waals surface area contributed by atoms with E-state index in [0.717, 1.165) is 16.5 Å². The van der Waals surface area contributed by atoms with Crippen molar-refractivity contribution >= 4 is 17.2 Å². The lowest BCUT2D eigenvalue weighted by Crippen LogP contribution is -1.91. The number of nitrogens with zero attached hydrogens (tertiary/aromatic N) is 3. The molecule has 0 N–H and O–H groups in total. The van der Waals surface area contributed by atoms with E-state index in [2.05, 4.69) is 10.2 Å². The lowest BCUT2D eigenvalue weighted by molar-refractivity contribution is 0.897. The molecule has 1 aliphatic rings. The van der Waals surface area contributed by atoms with E-state index in [1.54, 1.807) is 0 Å². The van der Waals surface area contributed by atoms with Crippen LogP contribution in [-0.2, 0) is 0 Å². The Kier molecular flexibility index (Phi) is 1.38. The Morgan fingerprint density at radius 3 is 2.92 bits per heavy atom. The maximum absolute atomic E-state index is 5.90. The molecule has 0 atom stereocenters. The molecule has 4 heteroatoms.